The van der Waals surface area contributed by atoms with E-state index in [0.29, 0.717) is 24.7 Å². The minimum atomic E-state index is -2.89. The molecule has 90 valence electrons. The van der Waals surface area contributed by atoms with E-state index in [4.69, 9.17) is 4.52 Å². The number of nitrogens with one attached hydrogen (secondary N) is 1. The standard InChI is InChI=1S/C9H15N3O3S/c1-2-10-5-8-11-9(15-12-8)7-3-4-16(13,14)6-7/h7,10H,2-6H2,1H3. The summed E-state index contributed by atoms with van der Waals surface area (Å²) in [6.07, 6.45) is 0.588. The van der Waals surface area contributed by atoms with E-state index in [9.17, 15) is 8.42 Å². The molecule has 0 aromatic carbocycles. The summed E-state index contributed by atoms with van der Waals surface area (Å²) in [5.74, 6) is 1.28. The molecule has 0 radical (unpaired) electrons. The van der Waals surface area contributed by atoms with Crippen molar-refractivity contribution < 1.29 is 12.9 Å². The first-order valence-electron chi connectivity index (χ1n) is 5.34. The monoisotopic (exact) mass is 245 g/mol. The lowest BCUT2D eigenvalue weighted by atomic mass is 10.1. The molecule has 0 saturated carbocycles. The number of sulfone groups is 1. The first-order valence-corrected chi connectivity index (χ1v) is 7.16. The summed E-state index contributed by atoms with van der Waals surface area (Å²) < 4.78 is 27.7. The summed E-state index contributed by atoms with van der Waals surface area (Å²) in [6, 6.07) is 0. The summed E-state index contributed by atoms with van der Waals surface area (Å²) in [7, 11) is -2.89. The zero-order valence-corrected chi connectivity index (χ0v) is 9.96. The highest BCUT2D eigenvalue weighted by atomic mass is 32.2. The quantitative estimate of drug-likeness (QED) is 0.808. The maximum Gasteiger partial charge on any atom is 0.230 e. The maximum atomic E-state index is 11.3. The Hall–Kier alpha value is -0.950. The number of nitrogens with zero attached hydrogens (tertiary/aromatic N) is 2. The van der Waals surface area contributed by atoms with Gasteiger partial charge in [0.15, 0.2) is 15.7 Å². The Morgan fingerprint density at radius 2 is 2.38 bits per heavy atom. The van der Waals surface area contributed by atoms with Crippen molar-refractivity contribution >= 4 is 9.84 Å². The fourth-order valence-corrected chi connectivity index (χ4v) is 3.46. The fraction of sp³-hybridized carbons (Fsp3) is 0.778. The Morgan fingerprint density at radius 1 is 1.56 bits per heavy atom. The lowest BCUT2D eigenvalue weighted by molar-refractivity contribution is 0.355. The molecule has 1 fully saturated rings. The third kappa shape index (κ3) is 2.59. The van der Waals surface area contributed by atoms with E-state index in [1.807, 2.05) is 6.92 Å². The molecular weight excluding hydrogens is 230 g/mol. The number of rotatable bonds is 4. The second kappa shape index (κ2) is 4.50. The van der Waals surface area contributed by atoms with E-state index in [0.717, 1.165) is 6.54 Å². The van der Waals surface area contributed by atoms with E-state index in [1.165, 1.54) is 0 Å². The Kier molecular flexibility index (Phi) is 3.25. The van der Waals surface area contributed by atoms with Crippen molar-refractivity contribution in [3.05, 3.63) is 11.7 Å². The summed E-state index contributed by atoms with van der Waals surface area (Å²) >= 11 is 0. The zero-order valence-electron chi connectivity index (χ0n) is 9.14. The predicted molar refractivity (Wildman–Crippen MR) is 57.7 cm³/mol. The van der Waals surface area contributed by atoms with Crippen LogP contribution < -0.4 is 5.32 Å². The molecule has 0 amide bonds. The van der Waals surface area contributed by atoms with Gasteiger partial charge in [-0.3, -0.25) is 0 Å². The number of aromatic nitrogens is 2. The highest BCUT2D eigenvalue weighted by Gasteiger charge is 2.32. The molecule has 1 N–H and O–H groups in total. The summed E-state index contributed by atoms with van der Waals surface area (Å²) in [6.45, 7) is 3.38. The zero-order chi connectivity index (χ0) is 11.6. The van der Waals surface area contributed by atoms with Gasteiger partial charge >= 0.3 is 0 Å². The number of hydrogen-bond acceptors (Lipinski definition) is 6. The Balaban J connectivity index is 2.02. The topological polar surface area (TPSA) is 85.1 Å². The van der Waals surface area contributed by atoms with Crippen LogP contribution >= 0.6 is 0 Å². The maximum absolute atomic E-state index is 11.3. The van der Waals surface area contributed by atoms with Crippen molar-refractivity contribution in [3.63, 3.8) is 0 Å². The molecule has 0 bridgehead atoms. The van der Waals surface area contributed by atoms with Gasteiger partial charge in [0, 0.05) is 0 Å². The van der Waals surface area contributed by atoms with Crippen LogP contribution in [-0.4, -0.2) is 36.6 Å². The van der Waals surface area contributed by atoms with Gasteiger partial charge < -0.3 is 9.84 Å². The van der Waals surface area contributed by atoms with Crippen molar-refractivity contribution in [2.45, 2.75) is 25.8 Å². The summed E-state index contributed by atoms with van der Waals surface area (Å²) in [5, 5.41) is 6.88. The van der Waals surface area contributed by atoms with Crippen LogP contribution in [0, 0.1) is 0 Å². The average Bonchev–Trinajstić information content (AvgIpc) is 2.81. The van der Waals surface area contributed by atoms with Gasteiger partial charge in [-0.2, -0.15) is 4.98 Å². The Labute approximate surface area is 94.3 Å². The van der Waals surface area contributed by atoms with Gasteiger partial charge in [0.25, 0.3) is 0 Å². The molecule has 7 heteroatoms. The third-order valence-electron chi connectivity index (χ3n) is 2.60. The predicted octanol–water partition coefficient (Wildman–Crippen LogP) is 0.0812. The van der Waals surface area contributed by atoms with Crippen LogP contribution in [0.3, 0.4) is 0 Å². The molecule has 1 aromatic rings. The van der Waals surface area contributed by atoms with Gasteiger partial charge in [0.2, 0.25) is 5.89 Å². The molecule has 16 heavy (non-hydrogen) atoms. The molecule has 1 atom stereocenters. The van der Waals surface area contributed by atoms with Gasteiger partial charge in [0.1, 0.15) is 0 Å². The second-order valence-corrected chi connectivity index (χ2v) is 6.16. The van der Waals surface area contributed by atoms with Crippen LogP contribution in [0.4, 0.5) is 0 Å². The van der Waals surface area contributed by atoms with Gasteiger partial charge in [-0.1, -0.05) is 12.1 Å². The Bertz CT molecular complexity index is 454. The minimum absolute atomic E-state index is 0.118. The largest absolute Gasteiger partial charge is 0.339 e. The van der Waals surface area contributed by atoms with E-state index in [1.54, 1.807) is 0 Å². The van der Waals surface area contributed by atoms with E-state index < -0.39 is 9.84 Å². The minimum Gasteiger partial charge on any atom is -0.339 e. The normalized spacial score (nSPS) is 23.7. The molecule has 2 rings (SSSR count). The lowest BCUT2D eigenvalue weighted by Crippen LogP contribution is -2.13. The first-order chi connectivity index (χ1) is 7.61. The molecule has 6 nitrogen and oxygen atoms in total. The van der Waals surface area contributed by atoms with Crippen LogP contribution in [0.5, 0.6) is 0 Å². The van der Waals surface area contributed by atoms with E-state index in [2.05, 4.69) is 15.5 Å². The van der Waals surface area contributed by atoms with E-state index in [-0.39, 0.29) is 17.4 Å². The van der Waals surface area contributed by atoms with Gasteiger partial charge in [-0.05, 0) is 13.0 Å². The van der Waals surface area contributed by atoms with Crippen molar-refractivity contribution in [2.75, 3.05) is 18.1 Å². The highest BCUT2D eigenvalue weighted by Crippen LogP contribution is 2.27. The molecule has 1 aromatic heterocycles. The van der Waals surface area contributed by atoms with Crippen molar-refractivity contribution in [1.82, 2.24) is 15.5 Å². The molecule has 2 heterocycles. The summed E-state index contributed by atoms with van der Waals surface area (Å²) in [5.41, 5.74) is 0. The smallest absolute Gasteiger partial charge is 0.230 e. The van der Waals surface area contributed by atoms with Gasteiger partial charge in [-0.25, -0.2) is 8.42 Å². The molecule has 0 aliphatic carbocycles. The van der Waals surface area contributed by atoms with Crippen LogP contribution in [0.15, 0.2) is 4.52 Å². The second-order valence-electron chi connectivity index (χ2n) is 3.93. The van der Waals surface area contributed by atoms with Crippen LogP contribution in [0.1, 0.15) is 31.0 Å². The highest BCUT2D eigenvalue weighted by molar-refractivity contribution is 7.91. The molecule has 1 unspecified atom stereocenters. The first kappa shape index (κ1) is 11.5. The average molecular weight is 245 g/mol. The van der Waals surface area contributed by atoms with Gasteiger partial charge in [-0.15, -0.1) is 0 Å². The molecule has 1 aliphatic rings. The van der Waals surface area contributed by atoms with Crippen LogP contribution in [-0.2, 0) is 16.4 Å². The molecular formula is C9H15N3O3S. The van der Waals surface area contributed by atoms with E-state index >= 15 is 0 Å². The molecule has 0 spiro atoms. The van der Waals surface area contributed by atoms with Crippen molar-refractivity contribution in [2.24, 2.45) is 0 Å². The SMILES string of the molecule is CCNCc1noc(C2CCS(=O)(=O)C2)n1. The van der Waals surface area contributed by atoms with Crippen molar-refractivity contribution in [1.29, 1.82) is 0 Å². The molecule has 1 saturated heterocycles. The van der Waals surface area contributed by atoms with Crippen LogP contribution in [0.25, 0.3) is 0 Å². The fourth-order valence-electron chi connectivity index (χ4n) is 1.73. The van der Waals surface area contributed by atoms with Crippen molar-refractivity contribution in [3.8, 4) is 0 Å². The van der Waals surface area contributed by atoms with Gasteiger partial charge in [0.05, 0.1) is 24.0 Å². The Morgan fingerprint density at radius 3 is 3.00 bits per heavy atom. The third-order valence-corrected chi connectivity index (χ3v) is 4.37. The lowest BCUT2D eigenvalue weighted by Gasteiger charge is -1.98. The number of hydrogen-bond donors (Lipinski definition) is 1. The van der Waals surface area contributed by atoms with Crippen LogP contribution in [0.2, 0.25) is 0 Å². The summed E-state index contributed by atoms with van der Waals surface area (Å²) in [4.78, 5) is 4.19. The molecule has 1 aliphatic heterocycles.